The van der Waals surface area contributed by atoms with Gasteiger partial charge in [-0.1, -0.05) is 221 Å². The molecule has 2 N–H and O–H groups in total. The molecule has 0 saturated carbocycles. The molecule has 1 aromatic heterocycles. The average Bonchev–Trinajstić information content (AvgIpc) is 3.45. The molecule has 4 rings (SSSR count). The smallest absolute Gasteiger partial charge is 0.161 e. The topological polar surface area (TPSA) is 121 Å². The maximum absolute atomic E-state index is 13.1. The number of unbranched alkanes of at least 4 members (excludes halogenated alkanes) is 28. The van der Waals surface area contributed by atoms with Crippen molar-refractivity contribution in [3.8, 4) is 45.5 Å². The lowest BCUT2D eigenvalue weighted by Crippen LogP contribution is -2.05. The zero-order chi connectivity index (χ0) is 58.5. The summed E-state index contributed by atoms with van der Waals surface area (Å²) in [5.41, 5.74) is 5.79. The van der Waals surface area contributed by atoms with Gasteiger partial charge in [0.2, 0.25) is 0 Å². The van der Waals surface area contributed by atoms with E-state index in [0.29, 0.717) is 84.6 Å². The fourth-order valence-corrected chi connectivity index (χ4v) is 10.2. The molecule has 0 atom stereocenters. The van der Waals surface area contributed by atoms with Gasteiger partial charge in [0.15, 0.2) is 34.6 Å². The van der Waals surface area contributed by atoms with Crippen molar-refractivity contribution in [1.82, 2.24) is 9.97 Å². The number of nitrogens with one attached hydrogen (secondary N) is 2. The molecule has 0 saturated heterocycles. The molecule has 0 aliphatic rings. The van der Waals surface area contributed by atoms with Crippen LogP contribution in [-0.4, -0.2) is 48.0 Å². The van der Waals surface area contributed by atoms with E-state index in [2.05, 4.69) is 76.4 Å². The fourth-order valence-electron chi connectivity index (χ4n) is 10.2. The van der Waals surface area contributed by atoms with E-state index in [1.807, 2.05) is 24.3 Å². The molecule has 10 heteroatoms. The lowest BCUT2D eigenvalue weighted by Gasteiger charge is -2.18. The SMILES string of the molecule is CCCCCCCCOc1ccc(-c2nc3cc(N/C=C/C(=O)CCCCCCC)c(N/C=C/C(=O)CCCCCCC)cc3nc2-c2ccc(OCCCCCCCC)c(OCCCCCCCC)c2)cc1OCCCCCCCC. The van der Waals surface area contributed by atoms with E-state index in [-0.39, 0.29) is 11.6 Å². The molecular formula is C72H112N4O6. The van der Waals surface area contributed by atoms with Crippen molar-refractivity contribution < 1.29 is 28.5 Å². The Balaban J connectivity index is 1.86. The Kier molecular flexibility index (Phi) is 38.0. The number of anilines is 2. The van der Waals surface area contributed by atoms with E-state index in [1.165, 1.54) is 128 Å². The van der Waals surface area contributed by atoms with Crippen molar-refractivity contribution in [3.05, 3.63) is 73.1 Å². The van der Waals surface area contributed by atoms with Crippen LogP contribution in [0.1, 0.15) is 273 Å². The Labute approximate surface area is 498 Å². The van der Waals surface area contributed by atoms with E-state index >= 15 is 0 Å². The van der Waals surface area contributed by atoms with Gasteiger partial charge in [0.25, 0.3) is 0 Å². The van der Waals surface area contributed by atoms with Crippen LogP contribution in [0.25, 0.3) is 33.5 Å². The Morgan fingerprint density at radius 1 is 0.354 bits per heavy atom. The maximum atomic E-state index is 13.1. The molecule has 0 fully saturated rings. The zero-order valence-electron chi connectivity index (χ0n) is 52.6. The van der Waals surface area contributed by atoms with Crippen LogP contribution in [0.2, 0.25) is 0 Å². The quantitative estimate of drug-likeness (QED) is 0.0327. The predicted molar refractivity (Wildman–Crippen MR) is 348 cm³/mol. The maximum Gasteiger partial charge on any atom is 0.161 e. The highest BCUT2D eigenvalue weighted by molar-refractivity contribution is 5.94. The number of fused-ring (bicyclic) bond motifs is 1. The van der Waals surface area contributed by atoms with E-state index in [1.54, 1.807) is 24.6 Å². The number of hydrogen-bond acceptors (Lipinski definition) is 10. The first-order valence-electron chi connectivity index (χ1n) is 33.4. The highest BCUT2D eigenvalue weighted by Crippen LogP contribution is 2.41. The third-order valence-electron chi connectivity index (χ3n) is 15.3. The molecule has 4 aromatic rings. The van der Waals surface area contributed by atoms with Crippen LogP contribution in [0.4, 0.5) is 11.4 Å². The van der Waals surface area contributed by atoms with Gasteiger partial charge in [-0.25, -0.2) is 9.97 Å². The van der Waals surface area contributed by atoms with Crippen molar-refractivity contribution >= 4 is 34.0 Å². The van der Waals surface area contributed by atoms with Gasteiger partial charge < -0.3 is 29.6 Å². The van der Waals surface area contributed by atoms with Crippen LogP contribution in [0.3, 0.4) is 0 Å². The molecule has 0 radical (unpaired) electrons. The number of allylic oxidation sites excluding steroid dienone is 2. The minimum absolute atomic E-state index is 0.0820. The summed E-state index contributed by atoms with van der Waals surface area (Å²) in [6.45, 7) is 15.9. The van der Waals surface area contributed by atoms with Gasteiger partial charge >= 0.3 is 0 Å². The molecule has 0 bridgehead atoms. The molecule has 0 unspecified atom stereocenters. The van der Waals surface area contributed by atoms with Gasteiger partial charge in [0, 0.05) is 36.4 Å². The summed E-state index contributed by atoms with van der Waals surface area (Å²) in [4.78, 5) is 37.1. The molecule has 0 aliphatic heterocycles. The Hall–Kier alpha value is -5.38. The fraction of sp³-hybridized carbons (Fsp3) is 0.639. The van der Waals surface area contributed by atoms with E-state index in [0.717, 1.165) is 113 Å². The number of ether oxygens (including phenoxy) is 4. The number of nitrogens with zero attached hydrogens (tertiary/aromatic N) is 2. The number of carbonyl (C=O) groups excluding carboxylic acids is 2. The van der Waals surface area contributed by atoms with E-state index in [4.69, 9.17) is 28.9 Å². The Morgan fingerprint density at radius 2 is 0.634 bits per heavy atom. The van der Waals surface area contributed by atoms with Gasteiger partial charge in [-0.05, 0) is 99.2 Å². The summed E-state index contributed by atoms with van der Waals surface area (Å²) in [5, 5.41) is 6.82. The standard InChI is InChI=1S/C72H112N4O6/c1-7-13-19-25-31-37-51-79-67-45-43-59(55-69(67)81-53-39-33-27-21-15-9-3)71-72(60-44-46-68(80-52-38-32-26-20-14-8-2)70(56-60)82-54-40-34-28-22-16-10-4)76-66-58-64(74-50-48-62(78)42-36-30-24-18-12-6)63(57-65(66)75-71)73-49-47-61(77)41-35-29-23-17-11-5/h43-50,55-58,73-74H,7-42,51-54H2,1-6H3/b49-47+,50-48+. The molecule has 0 amide bonds. The van der Waals surface area contributed by atoms with Crippen molar-refractivity contribution in [2.24, 2.45) is 0 Å². The van der Waals surface area contributed by atoms with Crippen molar-refractivity contribution in [3.63, 3.8) is 0 Å². The van der Waals surface area contributed by atoms with Crippen molar-refractivity contribution in [1.29, 1.82) is 0 Å². The second kappa shape index (κ2) is 45.1. The molecule has 456 valence electrons. The Bertz CT molecular complexity index is 2230. The molecule has 82 heavy (non-hydrogen) atoms. The molecule has 10 nitrogen and oxygen atoms in total. The third kappa shape index (κ3) is 28.7. The summed E-state index contributed by atoms with van der Waals surface area (Å²) < 4.78 is 26.4. The predicted octanol–water partition coefficient (Wildman–Crippen LogP) is 21.6. The lowest BCUT2D eigenvalue weighted by molar-refractivity contribution is -0.115. The van der Waals surface area contributed by atoms with Crippen LogP contribution in [0.15, 0.2) is 73.1 Å². The second-order valence-corrected chi connectivity index (χ2v) is 22.8. The molecule has 1 heterocycles. The van der Waals surface area contributed by atoms with Gasteiger partial charge in [-0.3, -0.25) is 9.59 Å². The summed E-state index contributed by atoms with van der Waals surface area (Å²) in [6.07, 6.45) is 46.9. The third-order valence-corrected chi connectivity index (χ3v) is 15.3. The average molecular weight is 1130 g/mol. The summed E-state index contributed by atoms with van der Waals surface area (Å²) in [7, 11) is 0. The zero-order valence-corrected chi connectivity index (χ0v) is 52.6. The largest absolute Gasteiger partial charge is 0.490 e. The van der Waals surface area contributed by atoms with Gasteiger partial charge in [0.1, 0.15) is 0 Å². The number of aromatic nitrogens is 2. The van der Waals surface area contributed by atoms with Crippen LogP contribution < -0.4 is 29.6 Å². The van der Waals surface area contributed by atoms with Gasteiger partial charge in [-0.2, -0.15) is 0 Å². The van der Waals surface area contributed by atoms with Crippen LogP contribution >= 0.6 is 0 Å². The van der Waals surface area contributed by atoms with Crippen LogP contribution in [0.5, 0.6) is 23.0 Å². The highest BCUT2D eigenvalue weighted by Gasteiger charge is 2.20. The minimum atomic E-state index is 0.0820. The lowest BCUT2D eigenvalue weighted by atomic mass is 10.0. The first-order valence-corrected chi connectivity index (χ1v) is 33.4. The van der Waals surface area contributed by atoms with Crippen molar-refractivity contribution in [2.45, 2.75) is 273 Å². The number of benzene rings is 3. The molecule has 3 aromatic carbocycles. The molecule has 0 spiro atoms. The Morgan fingerprint density at radius 3 is 0.951 bits per heavy atom. The van der Waals surface area contributed by atoms with Gasteiger partial charge in [-0.15, -0.1) is 0 Å². The van der Waals surface area contributed by atoms with Crippen molar-refractivity contribution in [2.75, 3.05) is 37.1 Å². The van der Waals surface area contributed by atoms with Crippen LogP contribution in [-0.2, 0) is 9.59 Å². The number of rotatable bonds is 52. The second-order valence-electron chi connectivity index (χ2n) is 22.8. The number of ketones is 2. The van der Waals surface area contributed by atoms with E-state index < -0.39 is 0 Å². The van der Waals surface area contributed by atoms with E-state index in [9.17, 15) is 9.59 Å². The van der Waals surface area contributed by atoms with Crippen LogP contribution in [0, 0.1) is 0 Å². The highest BCUT2D eigenvalue weighted by atomic mass is 16.5. The summed E-state index contributed by atoms with van der Waals surface area (Å²) >= 11 is 0. The number of hydrogen-bond donors (Lipinski definition) is 2. The first kappa shape index (κ1) is 69.1. The normalized spacial score (nSPS) is 11.5. The monoisotopic (exact) mass is 1130 g/mol. The summed E-state index contributed by atoms with van der Waals surface area (Å²) in [6, 6.07) is 16.4. The molecular weight excluding hydrogens is 1020 g/mol. The first-order chi connectivity index (χ1) is 40.3. The molecule has 0 aliphatic carbocycles. The van der Waals surface area contributed by atoms with Gasteiger partial charge in [0.05, 0.1) is 60.2 Å². The minimum Gasteiger partial charge on any atom is -0.490 e. The number of carbonyl (C=O) groups is 2. The summed E-state index contributed by atoms with van der Waals surface area (Å²) in [5.74, 6) is 3.05.